The first-order valence-corrected chi connectivity index (χ1v) is 5.08. The number of nitrogens with one attached hydrogen (secondary N) is 1. The third-order valence-electron chi connectivity index (χ3n) is 1.65. The molecule has 0 radical (unpaired) electrons. The molecule has 3 heteroatoms. The Morgan fingerprint density at radius 3 is 3.08 bits per heavy atom. The van der Waals surface area contributed by atoms with E-state index in [1.165, 1.54) is 5.56 Å². The Bertz CT molecular complexity index is 186. The maximum atomic E-state index is 4.92. The summed E-state index contributed by atoms with van der Waals surface area (Å²) in [5, 5.41) is 7.61. The van der Waals surface area contributed by atoms with Crippen LogP contribution in [0.15, 0.2) is 16.8 Å². The zero-order chi connectivity index (χ0) is 8.65. The lowest BCUT2D eigenvalue weighted by Gasteiger charge is -2.01. The minimum atomic E-state index is 0.795. The highest BCUT2D eigenvalue weighted by Crippen LogP contribution is 2.05. The molecule has 0 aliphatic heterocycles. The van der Waals surface area contributed by atoms with E-state index < -0.39 is 0 Å². The van der Waals surface area contributed by atoms with E-state index >= 15 is 0 Å². The molecular formula is C9H15NOS. The van der Waals surface area contributed by atoms with Crippen LogP contribution < -0.4 is 5.32 Å². The number of thiophene rings is 1. The van der Waals surface area contributed by atoms with Crippen LogP contribution >= 0.6 is 11.3 Å². The first-order valence-electron chi connectivity index (χ1n) is 4.14. The molecule has 1 rings (SSSR count). The van der Waals surface area contributed by atoms with Gasteiger partial charge in [0, 0.05) is 13.7 Å². The molecule has 1 aromatic rings. The third kappa shape index (κ3) is 3.85. The molecule has 0 aliphatic rings. The molecule has 2 nitrogen and oxygen atoms in total. The van der Waals surface area contributed by atoms with E-state index in [9.17, 15) is 0 Å². The number of methoxy groups -OCH3 is 1. The first-order chi connectivity index (χ1) is 5.93. The minimum Gasteiger partial charge on any atom is -0.383 e. The first kappa shape index (κ1) is 9.71. The number of hydrogen-bond acceptors (Lipinski definition) is 3. The molecule has 0 aliphatic carbocycles. The van der Waals surface area contributed by atoms with Gasteiger partial charge in [-0.3, -0.25) is 0 Å². The van der Waals surface area contributed by atoms with E-state index in [1.54, 1.807) is 18.4 Å². The van der Waals surface area contributed by atoms with Crippen molar-refractivity contribution < 1.29 is 4.74 Å². The molecule has 0 saturated carbocycles. The zero-order valence-corrected chi connectivity index (χ0v) is 8.19. The van der Waals surface area contributed by atoms with Gasteiger partial charge in [-0.15, -0.1) is 0 Å². The van der Waals surface area contributed by atoms with Gasteiger partial charge in [0.1, 0.15) is 0 Å². The SMILES string of the molecule is COCCNCCc1ccsc1. The third-order valence-corrected chi connectivity index (χ3v) is 2.39. The van der Waals surface area contributed by atoms with Crippen LogP contribution in [-0.2, 0) is 11.2 Å². The molecule has 0 atom stereocenters. The predicted octanol–water partition coefficient (Wildman–Crippen LogP) is 1.53. The number of rotatable bonds is 6. The molecule has 0 unspecified atom stereocenters. The van der Waals surface area contributed by atoms with Crippen molar-refractivity contribution >= 4 is 11.3 Å². The van der Waals surface area contributed by atoms with Gasteiger partial charge in [0.15, 0.2) is 0 Å². The Labute approximate surface area is 77.6 Å². The molecule has 1 N–H and O–H groups in total. The summed E-state index contributed by atoms with van der Waals surface area (Å²) in [6.45, 7) is 2.78. The fourth-order valence-corrected chi connectivity index (χ4v) is 1.67. The molecule has 1 aromatic heterocycles. The molecule has 68 valence electrons. The highest BCUT2D eigenvalue weighted by Gasteiger charge is 1.91. The molecule has 0 amide bonds. The maximum absolute atomic E-state index is 4.92. The summed E-state index contributed by atoms with van der Waals surface area (Å²) in [4.78, 5) is 0. The van der Waals surface area contributed by atoms with E-state index in [4.69, 9.17) is 4.74 Å². The van der Waals surface area contributed by atoms with Gasteiger partial charge in [0.25, 0.3) is 0 Å². The molecule has 0 fully saturated rings. The number of ether oxygens (including phenoxy) is 1. The summed E-state index contributed by atoms with van der Waals surface area (Å²) in [7, 11) is 1.72. The van der Waals surface area contributed by atoms with Gasteiger partial charge < -0.3 is 10.1 Å². The van der Waals surface area contributed by atoms with Crippen molar-refractivity contribution in [3.63, 3.8) is 0 Å². The van der Waals surface area contributed by atoms with Crippen molar-refractivity contribution in [3.05, 3.63) is 22.4 Å². The number of hydrogen-bond donors (Lipinski definition) is 1. The minimum absolute atomic E-state index is 0.795. The van der Waals surface area contributed by atoms with Crippen molar-refractivity contribution in [1.29, 1.82) is 0 Å². The lowest BCUT2D eigenvalue weighted by molar-refractivity contribution is 0.199. The molecular weight excluding hydrogens is 170 g/mol. The largest absolute Gasteiger partial charge is 0.383 e. The molecule has 0 spiro atoms. The van der Waals surface area contributed by atoms with E-state index in [-0.39, 0.29) is 0 Å². The van der Waals surface area contributed by atoms with Crippen molar-refractivity contribution in [2.24, 2.45) is 0 Å². The van der Waals surface area contributed by atoms with Crippen LogP contribution in [0.3, 0.4) is 0 Å². The summed E-state index contributed by atoms with van der Waals surface area (Å²) >= 11 is 1.76. The van der Waals surface area contributed by atoms with Gasteiger partial charge in [-0.1, -0.05) is 0 Å². The lowest BCUT2D eigenvalue weighted by Crippen LogP contribution is -2.21. The normalized spacial score (nSPS) is 10.4. The van der Waals surface area contributed by atoms with Crippen LogP contribution in [0.4, 0.5) is 0 Å². The summed E-state index contributed by atoms with van der Waals surface area (Å²) in [6, 6.07) is 2.17. The lowest BCUT2D eigenvalue weighted by atomic mass is 10.2. The highest BCUT2D eigenvalue weighted by molar-refractivity contribution is 7.07. The molecule has 0 saturated heterocycles. The average Bonchev–Trinajstić information content (AvgIpc) is 2.57. The van der Waals surface area contributed by atoms with Crippen LogP contribution in [0, 0.1) is 0 Å². The van der Waals surface area contributed by atoms with Crippen LogP contribution in [0.1, 0.15) is 5.56 Å². The maximum Gasteiger partial charge on any atom is 0.0587 e. The van der Waals surface area contributed by atoms with Crippen LogP contribution in [0.5, 0.6) is 0 Å². The Morgan fingerprint density at radius 2 is 2.42 bits per heavy atom. The quantitative estimate of drug-likeness (QED) is 0.679. The van der Waals surface area contributed by atoms with Crippen molar-refractivity contribution in [2.45, 2.75) is 6.42 Å². The predicted molar refractivity (Wildman–Crippen MR) is 52.8 cm³/mol. The molecule has 0 aromatic carbocycles. The Balaban J connectivity index is 1.96. The monoisotopic (exact) mass is 185 g/mol. The van der Waals surface area contributed by atoms with Crippen LogP contribution in [0.2, 0.25) is 0 Å². The van der Waals surface area contributed by atoms with E-state index in [2.05, 4.69) is 22.1 Å². The Morgan fingerprint density at radius 1 is 1.50 bits per heavy atom. The second-order valence-corrected chi connectivity index (χ2v) is 3.40. The fraction of sp³-hybridized carbons (Fsp3) is 0.556. The summed E-state index contributed by atoms with van der Waals surface area (Å²) in [6.07, 6.45) is 1.12. The van der Waals surface area contributed by atoms with E-state index in [0.29, 0.717) is 0 Å². The molecule has 1 heterocycles. The highest BCUT2D eigenvalue weighted by atomic mass is 32.1. The van der Waals surface area contributed by atoms with Gasteiger partial charge in [-0.2, -0.15) is 11.3 Å². The second-order valence-electron chi connectivity index (χ2n) is 2.62. The van der Waals surface area contributed by atoms with Crippen molar-refractivity contribution in [1.82, 2.24) is 5.32 Å². The van der Waals surface area contributed by atoms with Gasteiger partial charge in [-0.05, 0) is 35.4 Å². The van der Waals surface area contributed by atoms with Gasteiger partial charge in [0.2, 0.25) is 0 Å². The van der Waals surface area contributed by atoms with Crippen molar-refractivity contribution in [3.8, 4) is 0 Å². The van der Waals surface area contributed by atoms with Gasteiger partial charge in [-0.25, -0.2) is 0 Å². The summed E-state index contributed by atoms with van der Waals surface area (Å²) in [5.41, 5.74) is 1.42. The Kier molecular flexibility index (Phi) is 4.99. The van der Waals surface area contributed by atoms with E-state index in [1.807, 2.05) is 0 Å². The van der Waals surface area contributed by atoms with E-state index in [0.717, 1.165) is 26.1 Å². The zero-order valence-electron chi connectivity index (χ0n) is 7.38. The van der Waals surface area contributed by atoms with Crippen LogP contribution in [0.25, 0.3) is 0 Å². The summed E-state index contributed by atoms with van der Waals surface area (Å²) in [5.74, 6) is 0. The van der Waals surface area contributed by atoms with Crippen molar-refractivity contribution in [2.75, 3.05) is 26.8 Å². The standard InChI is InChI=1S/C9H15NOS/c1-11-6-5-10-4-2-9-3-7-12-8-9/h3,7-8,10H,2,4-6H2,1H3. The fourth-order valence-electron chi connectivity index (χ4n) is 0.967. The smallest absolute Gasteiger partial charge is 0.0587 e. The molecule has 0 bridgehead atoms. The van der Waals surface area contributed by atoms with Crippen LogP contribution in [-0.4, -0.2) is 26.8 Å². The Hall–Kier alpha value is -0.380. The molecule has 12 heavy (non-hydrogen) atoms. The summed E-state index contributed by atoms with van der Waals surface area (Å²) < 4.78 is 4.92. The topological polar surface area (TPSA) is 21.3 Å². The second kappa shape index (κ2) is 6.17. The van der Waals surface area contributed by atoms with Gasteiger partial charge >= 0.3 is 0 Å². The average molecular weight is 185 g/mol. The van der Waals surface area contributed by atoms with Gasteiger partial charge in [0.05, 0.1) is 6.61 Å².